The van der Waals surface area contributed by atoms with Gasteiger partial charge in [0.15, 0.2) is 11.5 Å². The van der Waals surface area contributed by atoms with Crippen molar-refractivity contribution in [3.8, 4) is 17.2 Å². The quantitative estimate of drug-likeness (QED) is 0.468. The molecule has 0 fully saturated rings. The van der Waals surface area contributed by atoms with Crippen LogP contribution in [0.2, 0.25) is 0 Å². The van der Waals surface area contributed by atoms with Crippen LogP contribution in [0.5, 0.6) is 17.2 Å². The van der Waals surface area contributed by atoms with Crippen LogP contribution in [0.1, 0.15) is 47.6 Å². The minimum absolute atomic E-state index is 0.206. The summed E-state index contributed by atoms with van der Waals surface area (Å²) in [5.74, 6) is 1.32. The number of ether oxygens (including phenoxy) is 3. The van der Waals surface area contributed by atoms with Gasteiger partial charge in [-0.15, -0.1) is 11.3 Å². The second kappa shape index (κ2) is 10.7. The zero-order valence-corrected chi connectivity index (χ0v) is 18.3. The van der Waals surface area contributed by atoms with Gasteiger partial charge in [-0.25, -0.2) is 0 Å². The predicted octanol–water partition coefficient (Wildman–Crippen LogP) is 5.46. The van der Waals surface area contributed by atoms with Crippen molar-refractivity contribution in [2.45, 2.75) is 26.8 Å². The second-order valence-electron chi connectivity index (χ2n) is 6.43. The second-order valence-corrected chi connectivity index (χ2v) is 7.41. The molecule has 1 N–H and O–H groups in total. The first kappa shape index (κ1) is 21.7. The Morgan fingerprint density at radius 2 is 1.53 bits per heavy atom. The van der Waals surface area contributed by atoms with Crippen molar-refractivity contribution >= 4 is 17.2 Å². The van der Waals surface area contributed by atoms with Gasteiger partial charge in [0, 0.05) is 10.4 Å². The van der Waals surface area contributed by atoms with E-state index in [4.69, 9.17) is 14.2 Å². The summed E-state index contributed by atoms with van der Waals surface area (Å²) in [5, 5.41) is 5.17. The lowest BCUT2D eigenvalue weighted by Gasteiger charge is -2.20. The molecule has 1 aromatic heterocycles. The predicted molar refractivity (Wildman–Crippen MR) is 120 cm³/mol. The van der Waals surface area contributed by atoms with Gasteiger partial charge in [-0.3, -0.25) is 4.79 Å². The van der Waals surface area contributed by atoms with Crippen LogP contribution in [0.4, 0.5) is 0 Å². The van der Waals surface area contributed by atoms with Gasteiger partial charge in [0.1, 0.15) is 0 Å². The third-order valence-corrected chi connectivity index (χ3v) is 5.34. The highest BCUT2D eigenvalue weighted by Crippen LogP contribution is 2.39. The van der Waals surface area contributed by atoms with Gasteiger partial charge in [-0.2, -0.15) is 0 Å². The molecule has 158 valence electrons. The van der Waals surface area contributed by atoms with Crippen LogP contribution < -0.4 is 19.5 Å². The molecule has 3 rings (SSSR count). The van der Waals surface area contributed by atoms with Crippen LogP contribution in [0.3, 0.4) is 0 Å². The highest BCUT2D eigenvalue weighted by atomic mass is 32.1. The summed E-state index contributed by atoms with van der Waals surface area (Å²) in [7, 11) is 0. The van der Waals surface area contributed by atoms with Crippen molar-refractivity contribution in [2.24, 2.45) is 0 Å². The van der Waals surface area contributed by atoms with Gasteiger partial charge in [0.25, 0.3) is 5.91 Å². The normalized spacial score (nSPS) is 11.6. The zero-order chi connectivity index (χ0) is 21.3. The van der Waals surface area contributed by atoms with E-state index in [2.05, 4.69) is 5.32 Å². The molecule has 0 unspecified atom stereocenters. The lowest BCUT2D eigenvalue weighted by molar-refractivity contribution is 0.0942. The lowest BCUT2D eigenvalue weighted by Crippen LogP contribution is -2.29. The summed E-state index contributed by atoms with van der Waals surface area (Å²) in [5.41, 5.74) is 1.48. The molecule has 0 radical (unpaired) electrons. The van der Waals surface area contributed by atoms with Crippen molar-refractivity contribution in [3.63, 3.8) is 0 Å². The first-order valence-electron chi connectivity index (χ1n) is 10.1. The zero-order valence-electron chi connectivity index (χ0n) is 17.5. The highest BCUT2D eigenvalue weighted by Gasteiger charge is 2.22. The number of benzene rings is 2. The summed E-state index contributed by atoms with van der Waals surface area (Å²) in [6.45, 7) is 7.07. The van der Waals surface area contributed by atoms with E-state index >= 15 is 0 Å². The minimum Gasteiger partial charge on any atom is -0.490 e. The SMILES string of the molecule is CCOc1cc(C(=O)N[C@H](c2ccccc2)c2cccs2)cc(OCC)c1OCC. The fraction of sp³-hybridized carbons (Fsp3) is 0.292. The van der Waals surface area contributed by atoms with E-state index in [-0.39, 0.29) is 11.9 Å². The topological polar surface area (TPSA) is 56.8 Å². The maximum absolute atomic E-state index is 13.2. The first-order chi connectivity index (χ1) is 14.7. The van der Waals surface area contributed by atoms with E-state index < -0.39 is 0 Å². The van der Waals surface area contributed by atoms with Crippen molar-refractivity contribution < 1.29 is 19.0 Å². The fourth-order valence-electron chi connectivity index (χ4n) is 3.15. The Bertz CT molecular complexity index is 914. The van der Waals surface area contributed by atoms with E-state index in [0.717, 1.165) is 10.4 Å². The molecule has 0 spiro atoms. The average molecular weight is 426 g/mol. The fourth-order valence-corrected chi connectivity index (χ4v) is 3.96. The average Bonchev–Trinajstić information content (AvgIpc) is 3.29. The third-order valence-electron chi connectivity index (χ3n) is 4.41. The third kappa shape index (κ3) is 5.13. The number of carbonyl (C=O) groups excluding carboxylic acids is 1. The Morgan fingerprint density at radius 3 is 2.07 bits per heavy atom. The van der Waals surface area contributed by atoms with Crippen LogP contribution in [0.25, 0.3) is 0 Å². The lowest BCUT2D eigenvalue weighted by atomic mass is 10.0. The minimum atomic E-state index is -0.239. The van der Waals surface area contributed by atoms with Crippen LogP contribution in [-0.2, 0) is 0 Å². The van der Waals surface area contributed by atoms with E-state index in [9.17, 15) is 4.79 Å². The van der Waals surface area contributed by atoms with Gasteiger partial charge in [0.2, 0.25) is 5.75 Å². The summed E-state index contributed by atoms with van der Waals surface area (Å²) in [4.78, 5) is 14.3. The molecule has 2 aromatic carbocycles. The molecule has 5 nitrogen and oxygen atoms in total. The number of carbonyl (C=O) groups is 1. The Labute approximate surface area is 181 Å². The van der Waals surface area contributed by atoms with Crippen LogP contribution in [0.15, 0.2) is 60.0 Å². The van der Waals surface area contributed by atoms with Crippen molar-refractivity contribution in [1.29, 1.82) is 0 Å². The van der Waals surface area contributed by atoms with Crippen LogP contribution >= 0.6 is 11.3 Å². The molecule has 0 bridgehead atoms. The first-order valence-corrected chi connectivity index (χ1v) is 11.0. The summed E-state index contributed by atoms with van der Waals surface area (Å²) in [6, 6.07) is 17.1. The molecule has 1 heterocycles. The van der Waals surface area contributed by atoms with Crippen molar-refractivity contribution in [2.75, 3.05) is 19.8 Å². The number of thiophene rings is 1. The molecule has 1 atom stereocenters. The molecule has 6 heteroatoms. The van der Waals surface area contributed by atoms with Crippen LogP contribution in [0, 0.1) is 0 Å². The number of amides is 1. The molecule has 1 amide bonds. The van der Waals surface area contributed by atoms with Gasteiger partial charge >= 0.3 is 0 Å². The Kier molecular flexibility index (Phi) is 7.74. The van der Waals surface area contributed by atoms with E-state index in [1.807, 2.05) is 68.6 Å². The Hall–Kier alpha value is -2.99. The van der Waals surface area contributed by atoms with Crippen molar-refractivity contribution in [1.82, 2.24) is 5.32 Å². The number of nitrogens with one attached hydrogen (secondary N) is 1. The largest absolute Gasteiger partial charge is 0.490 e. The number of rotatable bonds is 10. The molecule has 3 aromatic rings. The smallest absolute Gasteiger partial charge is 0.252 e. The van der Waals surface area contributed by atoms with Gasteiger partial charge in [-0.05, 0) is 49.9 Å². The summed E-state index contributed by atoms with van der Waals surface area (Å²) >= 11 is 1.61. The number of hydrogen-bond acceptors (Lipinski definition) is 5. The van der Waals surface area contributed by atoms with Gasteiger partial charge in [-0.1, -0.05) is 36.4 Å². The molecular formula is C24H27NO4S. The standard InChI is InChI=1S/C24H27NO4S/c1-4-27-19-15-18(16-20(28-5-2)23(19)29-6-3)24(26)25-22(21-13-10-14-30-21)17-11-8-7-9-12-17/h7-16,22H,4-6H2,1-3H3,(H,25,26)/t22-/m1/s1. The molecule has 0 saturated carbocycles. The summed E-state index contributed by atoms with van der Waals surface area (Å²) < 4.78 is 17.2. The molecule has 0 aliphatic rings. The highest BCUT2D eigenvalue weighted by molar-refractivity contribution is 7.10. The van der Waals surface area contributed by atoms with E-state index in [1.165, 1.54) is 0 Å². The Balaban J connectivity index is 1.96. The Morgan fingerprint density at radius 1 is 0.900 bits per heavy atom. The van der Waals surface area contributed by atoms with Gasteiger partial charge < -0.3 is 19.5 Å². The molecule has 30 heavy (non-hydrogen) atoms. The van der Waals surface area contributed by atoms with E-state index in [0.29, 0.717) is 42.6 Å². The summed E-state index contributed by atoms with van der Waals surface area (Å²) in [6.07, 6.45) is 0. The maximum atomic E-state index is 13.2. The monoisotopic (exact) mass is 425 g/mol. The number of hydrogen-bond donors (Lipinski definition) is 1. The van der Waals surface area contributed by atoms with Crippen molar-refractivity contribution in [3.05, 3.63) is 76.0 Å². The maximum Gasteiger partial charge on any atom is 0.252 e. The molecule has 0 aliphatic carbocycles. The molecular weight excluding hydrogens is 398 g/mol. The molecule has 0 saturated heterocycles. The molecule has 0 aliphatic heterocycles. The van der Waals surface area contributed by atoms with Crippen LogP contribution in [-0.4, -0.2) is 25.7 Å². The van der Waals surface area contributed by atoms with Gasteiger partial charge in [0.05, 0.1) is 25.9 Å². The van der Waals surface area contributed by atoms with E-state index in [1.54, 1.807) is 23.5 Å².